The second-order valence-corrected chi connectivity index (χ2v) is 9.95. The van der Waals surface area contributed by atoms with E-state index >= 15 is 0 Å². The average Bonchev–Trinajstić information content (AvgIpc) is 2.82. The maximum Gasteiger partial charge on any atom is 0.334 e. The number of likely N-dealkylation sites (N-methyl/N-ethyl adjacent to an activating group) is 1. The first kappa shape index (κ1) is 25.0. The van der Waals surface area contributed by atoms with Crippen molar-refractivity contribution in [2.45, 2.75) is 45.6 Å². The summed E-state index contributed by atoms with van der Waals surface area (Å²) in [7, 11) is 1.73. The molecule has 0 unspecified atom stereocenters. The molecule has 2 atom stereocenters. The van der Waals surface area contributed by atoms with Crippen LogP contribution in [0.2, 0.25) is 5.02 Å². The minimum atomic E-state index is -0.637. The molecular weight excluding hydrogens is 466 g/mol. The molecule has 35 heavy (non-hydrogen) atoms. The smallest absolute Gasteiger partial charge is 0.333 e. The van der Waals surface area contributed by atoms with Crippen LogP contribution < -0.4 is 5.32 Å². The third-order valence-electron chi connectivity index (χ3n) is 6.45. The number of piperazine rings is 1. The zero-order valence-corrected chi connectivity index (χ0v) is 21.1. The molecule has 2 aliphatic rings. The number of carbonyl (C=O) groups is 3. The average molecular weight is 498 g/mol. The van der Waals surface area contributed by atoms with Gasteiger partial charge in [0.1, 0.15) is 12.2 Å². The quantitative estimate of drug-likeness (QED) is 0.664. The number of nitrogens with one attached hydrogen (secondary N) is 1. The van der Waals surface area contributed by atoms with Crippen LogP contribution in [0.1, 0.15) is 31.4 Å². The fourth-order valence-corrected chi connectivity index (χ4v) is 5.00. The third kappa shape index (κ3) is 5.44. The van der Waals surface area contributed by atoms with E-state index in [1.54, 1.807) is 32.9 Å². The lowest BCUT2D eigenvalue weighted by atomic mass is 9.96. The van der Waals surface area contributed by atoms with Crippen molar-refractivity contribution < 1.29 is 14.4 Å². The minimum absolute atomic E-state index is 0.0294. The van der Waals surface area contributed by atoms with E-state index in [9.17, 15) is 14.4 Å². The number of fused-ring (bicyclic) bond motifs is 1. The first-order chi connectivity index (χ1) is 16.8. The normalized spacial score (nSPS) is 20.9. The van der Waals surface area contributed by atoms with E-state index in [0.717, 1.165) is 11.1 Å². The molecule has 2 saturated heterocycles. The second-order valence-electron chi connectivity index (χ2n) is 9.54. The predicted molar refractivity (Wildman–Crippen MR) is 134 cm³/mol. The van der Waals surface area contributed by atoms with Crippen molar-refractivity contribution in [3.8, 4) is 0 Å². The zero-order chi connectivity index (χ0) is 25.1. The van der Waals surface area contributed by atoms with Gasteiger partial charge in [0.2, 0.25) is 11.8 Å². The number of halogens is 1. The standard InChI is InChI=1S/C26H32ClN5O3/c1-18(2)13-22-25(34)30(15-20-11-7-8-12-21(20)27)16-23-31(22)24(33)17-29(3)32(23)26(35)28-14-19-9-5-4-6-10-19/h4-12,18,22-23H,13-17H2,1-3H3,(H,28,35)/t22-,23-/m0/s1. The second kappa shape index (κ2) is 10.7. The number of carbonyl (C=O) groups excluding carboxylic acids is 3. The van der Waals surface area contributed by atoms with Crippen LogP contribution >= 0.6 is 11.6 Å². The summed E-state index contributed by atoms with van der Waals surface area (Å²) in [6.45, 7) is 4.96. The van der Waals surface area contributed by atoms with Gasteiger partial charge in [0, 0.05) is 25.2 Å². The summed E-state index contributed by atoms with van der Waals surface area (Å²) < 4.78 is 0. The van der Waals surface area contributed by atoms with Gasteiger partial charge in [-0.25, -0.2) is 14.8 Å². The molecule has 186 valence electrons. The Hall–Kier alpha value is -3.10. The first-order valence-electron chi connectivity index (χ1n) is 11.9. The lowest BCUT2D eigenvalue weighted by molar-refractivity contribution is -0.188. The van der Waals surface area contributed by atoms with Gasteiger partial charge in [-0.05, 0) is 29.5 Å². The molecule has 0 bridgehead atoms. The summed E-state index contributed by atoms with van der Waals surface area (Å²) in [6.07, 6.45) is -0.0931. The number of hydrogen-bond acceptors (Lipinski definition) is 4. The number of hydrazine groups is 1. The lowest BCUT2D eigenvalue weighted by Gasteiger charge is -2.54. The number of hydrogen-bond donors (Lipinski definition) is 1. The summed E-state index contributed by atoms with van der Waals surface area (Å²) in [4.78, 5) is 43.5. The highest BCUT2D eigenvalue weighted by molar-refractivity contribution is 6.31. The van der Waals surface area contributed by atoms with Crippen LogP contribution in [0, 0.1) is 5.92 Å². The Morgan fingerprint density at radius 2 is 1.77 bits per heavy atom. The highest BCUT2D eigenvalue weighted by Gasteiger charge is 2.50. The molecule has 1 N–H and O–H groups in total. The molecule has 2 heterocycles. The van der Waals surface area contributed by atoms with Gasteiger partial charge in [-0.3, -0.25) is 9.59 Å². The fraction of sp³-hybridized carbons (Fsp3) is 0.423. The van der Waals surface area contributed by atoms with E-state index in [-0.39, 0.29) is 36.9 Å². The molecule has 0 radical (unpaired) electrons. The van der Waals surface area contributed by atoms with Gasteiger partial charge in [0.25, 0.3) is 0 Å². The molecule has 0 saturated carbocycles. The number of rotatable bonds is 6. The maximum atomic E-state index is 13.6. The van der Waals surface area contributed by atoms with Gasteiger partial charge in [-0.15, -0.1) is 0 Å². The topological polar surface area (TPSA) is 76.2 Å². The molecule has 0 aliphatic carbocycles. The highest BCUT2D eigenvalue weighted by atomic mass is 35.5. The Morgan fingerprint density at radius 1 is 1.09 bits per heavy atom. The van der Waals surface area contributed by atoms with Crippen LogP contribution in [0.25, 0.3) is 0 Å². The van der Waals surface area contributed by atoms with Gasteiger partial charge < -0.3 is 15.1 Å². The van der Waals surface area contributed by atoms with Gasteiger partial charge in [-0.1, -0.05) is 74.0 Å². The summed E-state index contributed by atoms with van der Waals surface area (Å²) >= 11 is 6.39. The van der Waals surface area contributed by atoms with E-state index < -0.39 is 12.2 Å². The third-order valence-corrected chi connectivity index (χ3v) is 6.82. The van der Waals surface area contributed by atoms with Gasteiger partial charge >= 0.3 is 6.03 Å². The van der Waals surface area contributed by atoms with Gasteiger partial charge in [0.15, 0.2) is 0 Å². The number of urea groups is 1. The van der Waals surface area contributed by atoms with Crippen LogP contribution in [-0.4, -0.2) is 70.0 Å². The van der Waals surface area contributed by atoms with Gasteiger partial charge in [-0.2, -0.15) is 0 Å². The molecule has 2 aromatic rings. The maximum absolute atomic E-state index is 13.6. The molecule has 9 heteroatoms. The van der Waals surface area contributed by atoms with Crippen molar-refractivity contribution in [1.82, 2.24) is 25.1 Å². The molecular formula is C26H32ClN5O3. The molecule has 4 rings (SSSR count). The molecule has 2 aromatic carbocycles. The zero-order valence-electron chi connectivity index (χ0n) is 20.4. The lowest BCUT2D eigenvalue weighted by Crippen LogP contribution is -2.75. The van der Waals surface area contributed by atoms with Gasteiger partial charge in [0.05, 0.1) is 13.1 Å². The number of benzene rings is 2. The Labute approximate surface area is 211 Å². The largest absolute Gasteiger partial charge is 0.334 e. The summed E-state index contributed by atoms with van der Waals surface area (Å²) in [5.41, 5.74) is 1.81. The molecule has 0 aromatic heterocycles. The SMILES string of the molecule is CC(C)C[C@H]1C(=O)N(Cc2ccccc2Cl)C[C@H]2N1C(=O)CN(C)N2C(=O)NCc1ccccc1. The first-order valence-corrected chi connectivity index (χ1v) is 12.3. The van der Waals surface area contributed by atoms with E-state index in [2.05, 4.69) is 5.32 Å². The van der Waals surface area contributed by atoms with Crippen molar-refractivity contribution in [3.63, 3.8) is 0 Å². The summed E-state index contributed by atoms with van der Waals surface area (Å²) in [5, 5.41) is 6.76. The van der Waals surface area contributed by atoms with Crippen molar-refractivity contribution in [1.29, 1.82) is 0 Å². The number of nitrogens with zero attached hydrogens (tertiary/aromatic N) is 4. The monoisotopic (exact) mass is 497 g/mol. The Bertz CT molecular complexity index is 1080. The molecule has 8 nitrogen and oxygen atoms in total. The van der Waals surface area contributed by atoms with Crippen LogP contribution in [0.4, 0.5) is 4.79 Å². The fourth-order valence-electron chi connectivity index (χ4n) is 4.81. The van der Waals surface area contributed by atoms with Crippen molar-refractivity contribution in [3.05, 3.63) is 70.7 Å². The van der Waals surface area contributed by atoms with Crippen LogP contribution in [0.15, 0.2) is 54.6 Å². The number of amides is 4. The molecule has 4 amide bonds. The van der Waals surface area contributed by atoms with Crippen molar-refractivity contribution in [2.24, 2.45) is 5.92 Å². The molecule has 2 fully saturated rings. The Balaban J connectivity index is 1.62. The summed E-state index contributed by atoms with van der Waals surface area (Å²) in [6, 6.07) is 16.1. The van der Waals surface area contributed by atoms with E-state index in [4.69, 9.17) is 11.6 Å². The predicted octanol–water partition coefficient (Wildman–Crippen LogP) is 3.32. The van der Waals surface area contributed by atoms with Crippen LogP contribution in [-0.2, 0) is 22.7 Å². The van der Waals surface area contributed by atoms with E-state index in [1.807, 2.05) is 62.4 Å². The minimum Gasteiger partial charge on any atom is -0.333 e. The molecule has 2 aliphatic heterocycles. The Kier molecular flexibility index (Phi) is 7.62. The van der Waals surface area contributed by atoms with E-state index in [0.29, 0.717) is 24.5 Å². The van der Waals surface area contributed by atoms with Crippen LogP contribution in [0.3, 0.4) is 0 Å². The highest BCUT2D eigenvalue weighted by Crippen LogP contribution is 2.30. The molecule has 0 spiro atoms. The Morgan fingerprint density at radius 3 is 2.46 bits per heavy atom. The van der Waals surface area contributed by atoms with Crippen LogP contribution in [0.5, 0.6) is 0 Å². The van der Waals surface area contributed by atoms with E-state index in [1.165, 1.54) is 0 Å². The van der Waals surface area contributed by atoms with Crippen molar-refractivity contribution in [2.75, 3.05) is 20.1 Å². The summed E-state index contributed by atoms with van der Waals surface area (Å²) in [5.74, 6) is -0.0731. The van der Waals surface area contributed by atoms with Crippen molar-refractivity contribution >= 4 is 29.4 Å².